The van der Waals surface area contributed by atoms with Gasteiger partial charge in [-0.3, -0.25) is 0 Å². The molecule has 1 rings (SSSR count). The molecule has 0 aromatic heterocycles. The Morgan fingerprint density at radius 3 is 2.00 bits per heavy atom. The highest BCUT2D eigenvalue weighted by Gasteiger charge is 2.71. The first kappa shape index (κ1) is 27.0. The molecule has 1 aliphatic rings. The van der Waals surface area contributed by atoms with Crippen molar-refractivity contribution in [3.63, 3.8) is 0 Å². The average molecular weight is 476 g/mol. The van der Waals surface area contributed by atoms with Crippen LogP contribution in [0.2, 0.25) is 0 Å². The summed E-state index contributed by atoms with van der Waals surface area (Å²) in [5.74, 6) is -5.06. The second-order valence-corrected chi connectivity index (χ2v) is 6.65. The zero-order valence-electron chi connectivity index (χ0n) is 15.9. The predicted molar refractivity (Wildman–Crippen MR) is 81.2 cm³/mol. The molecule has 0 aromatic carbocycles. The van der Waals surface area contributed by atoms with Crippen LogP contribution in [0.25, 0.3) is 0 Å². The van der Waals surface area contributed by atoms with E-state index in [0.717, 1.165) is 6.92 Å². The van der Waals surface area contributed by atoms with Crippen molar-refractivity contribution in [3.8, 4) is 0 Å². The van der Waals surface area contributed by atoms with Crippen molar-refractivity contribution in [1.82, 2.24) is 0 Å². The molecule has 0 aromatic rings. The zero-order valence-corrected chi connectivity index (χ0v) is 15.9. The van der Waals surface area contributed by atoms with E-state index < -0.39 is 74.0 Å². The topological polar surface area (TPSA) is 71.1 Å². The molecule has 0 amide bonds. The quantitative estimate of drug-likeness (QED) is 0.241. The van der Waals surface area contributed by atoms with Crippen LogP contribution in [0.3, 0.4) is 0 Å². The van der Waals surface area contributed by atoms with Crippen LogP contribution < -0.4 is 0 Å². The van der Waals surface area contributed by atoms with Crippen molar-refractivity contribution in [2.45, 2.75) is 56.8 Å². The lowest BCUT2D eigenvalue weighted by atomic mass is 9.94. The van der Waals surface area contributed by atoms with Gasteiger partial charge in [0.05, 0.1) is 6.61 Å². The van der Waals surface area contributed by atoms with Crippen molar-refractivity contribution in [2.75, 3.05) is 13.2 Å². The summed E-state index contributed by atoms with van der Waals surface area (Å²) in [6.07, 6.45) is -26.2. The van der Waals surface area contributed by atoms with Crippen LogP contribution in [0.1, 0.15) is 20.3 Å². The van der Waals surface area contributed by atoms with Gasteiger partial charge in [0.2, 0.25) is 0 Å². The molecule has 31 heavy (non-hydrogen) atoms. The standard InChI is InChI=1S/C16H17F9O6/c1-7(2)9(26)28-4-5-29-10-8(3)6-13(31-10,16(23,24)25)12(27)30-11(14(17,18)19)15(20,21)22/h8,10-11H,1,4-6H2,2-3H3. The number of hydrogen-bond donors (Lipinski definition) is 0. The van der Waals surface area contributed by atoms with E-state index in [1.54, 1.807) is 0 Å². The maximum absolute atomic E-state index is 13.5. The molecule has 1 fully saturated rings. The van der Waals surface area contributed by atoms with Crippen LogP contribution in [0.5, 0.6) is 0 Å². The van der Waals surface area contributed by atoms with E-state index in [4.69, 9.17) is 4.74 Å². The molecule has 1 saturated heterocycles. The number of alkyl halides is 9. The molecule has 0 bridgehead atoms. The highest BCUT2D eigenvalue weighted by molar-refractivity contribution is 5.86. The Morgan fingerprint density at radius 1 is 1.06 bits per heavy atom. The van der Waals surface area contributed by atoms with Crippen LogP contribution in [-0.4, -0.2) is 61.7 Å². The third-order valence-electron chi connectivity index (χ3n) is 3.95. The number of rotatable bonds is 7. The van der Waals surface area contributed by atoms with Gasteiger partial charge in [0.1, 0.15) is 6.61 Å². The molecule has 15 heteroatoms. The van der Waals surface area contributed by atoms with Gasteiger partial charge >= 0.3 is 30.5 Å². The van der Waals surface area contributed by atoms with Crippen molar-refractivity contribution in [2.24, 2.45) is 5.92 Å². The van der Waals surface area contributed by atoms with Gasteiger partial charge in [-0.15, -0.1) is 0 Å². The van der Waals surface area contributed by atoms with E-state index in [2.05, 4.69) is 20.8 Å². The number of halogens is 9. The van der Waals surface area contributed by atoms with E-state index in [1.807, 2.05) is 0 Å². The van der Waals surface area contributed by atoms with Crippen LogP contribution in [0.15, 0.2) is 12.2 Å². The fourth-order valence-corrected chi connectivity index (χ4v) is 2.48. The maximum atomic E-state index is 13.5. The number of carbonyl (C=O) groups is 2. The van der Waals surface area contributed by atoms with E-state index in [-0.39, 0.29) is 5.57 Å². The lowest BCUT2D eigenvalue weighted by Gasteiger charge is -2.32. The van der Waals surface area contributed by atoms with E-state index >= 15 is 0 Å². The van der Waals surface area contributed by atoms with E-state index in [9.17, 15) is 49.1 Å². The molecule has 3 unspecified atom stereocenters. The largest absolute Gasteiger partial charge is 0.460 e. The second-order valence-electron chi connectivity index (χ2n) is 6.65. The van der Waals surface area contributed by atoms with Crippen LogP contribution in [-0.2, 0) is 28.5 Å². The van der Waals surface area contributed by atoms with Gasteiger partial charge in [-0.25, -0.2) is 9.59 Å². The monoisotopic (exact) mass is 476 g/mol. The predicted octanol–water partition coefficient (Wildman–Crippen LogP) is 3.84. The van der Waals surface area contributed by atoms with Crippen LogP contribution in [0, 0.1) is 5.92 Å². The molecule has 1 aliphatic heterocycles. The van der Waals surface area contributed by atoms with Crippen molar-refractivity contribution in [3.05, 3.63) is 12.2 Å². The Labute approximate surface area is 169 Å². The van der Waals surface area contributed by atoms with Crippen molar-refractivity contribution < 1.29 is 68.1 Å². The summed E-state index contributed by atoms with van der Waals surface area (Å²) in [4.78, 5) is 23.1. The Hall–Kier alpha value is -2.03. The van der Waals surface area contributed by atoms with E-state index in [0.29, 0.717) is 0 Å². The molecule has 0 N–H and O–H groups in total. The molecule has 3 atom stereocenters. The fourth-order valence-electron chi connectivity index (χ4n) is 2.48. The lowest BCUT2D eigenvalue weighted by molar-refractivity contribution is -0.333. The van der Waals surface area contributed by atoms with Gasteiger partial charge in [-0.2, -0.15) is 39.5 Å². The van der Waals surface area contributed by atoms with Crippen LogP contribution >= 0.6 is 0 Å². The third kappa shape index (κ3) is 6.48. The lowest BCUT2D eigenvalue weighted by Crippen LogP contribution is -2.57. The van der Waals surface area contributed by atoms with Gasteiger partial charge in [0.25, 0.3) is 11.7 Å². The number of carbonyl (C=O) groups excluding carboxylic acids is 2. The van der Waals surface area contributed by atoms with E-state index in [1.165, 1.54) is 6.92 Å². The molecule has 0 saturated carbocycles. The molecule has 6 nitrogen and oxygen atoms in total. The Balaban J connectivity index is 2.99. The van der Waals surface area contributed by atoms with Crippen molar-refractivity contribution in [1.29, 1.82) is 0 Å². The van der Waals surface area contributed by atoms with Gasteiger partial charge in [-0.05, 0) is 6.92 Å². The molecular formula is C16H17F9O6. The molecule has 0 aliphatic carbocycles. The first-order chi connectivity index (χ1) is 13.8. The minimum atomic E-state index is -6.21. The van der Waals surface area contributed by atoms with Gasteiger partial charge in [0, 0.05) is 17.9 Å². The SMILES string of the molecule is C=C(C)C(=O)OCCOC1OC(C(=O)OC(C(F)(F)F)C(F)(F)F)(C(F)(F)F)CC1C. The Bertz CT molecular complexity index is 671. The Morgan fingerprint density at radius 2 is 1.58 bits per heavy atom. The number of ether oxygens (including phenoxy) is 4. The average Bonchev–Trinajstić information content (AvgIpc) is 2.91. The molecular weight excluding hydrogens is 459 g/mol. The minimum Gasteiger partial charge on any atom is -0.460 e. The first-order valence-corrected chi connectivity index (χ1v) is 8.36. The summed E-state index contributed by atoms with van der Waals surface area (Å²) in [5, 5.41) is 0. The van der Waals surface area contributed by atoms with Crippen LogP contribution in [0.4, 0.5) is 39.5 Å². The Kier molecular flexibility index (Phi) is 8.03. The highest BCUT2D eigenvalue weighted by Crippen LogP contribution is 2.48. The number of hydrogen-bond acceptors (Lipinski definition) is 6. The maximum Gasteiger partial charge on any atom is 0.434 e. The summed E-state index contributed by atoms with van der Waals surface area (Å²) < 4.78 is 133. The fraction of sp³-hybridized carbons (Fsp3) is 0.750. The van der Waals surface area contributed by atoms with Gasteiger partial charge < -0.3 is 18.9 Å². The molecule has 0 spiro atoms. The first-order valence-electron chi connectivity index (χ1n) is 8.36. The highest BCUT2D eigenvalue weighted by atomic mass is 19.4. The molecule has 180 valence electrons. The minimum absolute atomic E-state index is 0.00759. The molecule has 1 heterocycles. The third-order valence-corrected chi connectivity index (χ3v) is 3.95. The van der Waals surface area contributed by atoms with Gasteiger partial charge in [0.15, 0.2) is 6.29 Å². The summed E-state index contributed by atoms with van der Waals surface area (Å²) in [6.45, 7) is 4.60. The summed E-state index contributed by atoms with van der Waals surface area (Å²) in [6, 6.07) is 0. The normalized spacial score (nSPS) is 24.9. The zero-order chi connectivity index (χ0) is 24.4. The summed E-state index contributed by atoms with van der Waals surface area (Å²) >= 11 is 0. The summed E-state index contributed by atoms with van der Waals surface area (Å²) in [7, 11) is 0. The van der Waals surface area contributed by atoms with Gasteiger partial charge in [-0.1, -0.05) is 13.5 Å². The molecule has 0 radical (unpaired) electrons. The van der Waals surface area contributed by atoms with Crippen molar-refractivity contribution >= 4 is 11.9 Å². The smallest absolute Gasteiger partial charge is 0.434 e. The second kappa shape index (κ2) is 9.22. The summed E-state index contributed by atoms with van der Waals surface area (Å²) in [5.41, 5.74) is -4.12. The number of esters is 2.